The van der Waals surface area contributed by atoms with E-state index in [9.17, 15) is 4.79 Å². The summed E-state index contributed by atoms with van der Waals surface area (Å²) in [7, 11) is 1.53. The molecular weight excluding hydrogens is 370 g/mol. The summed E-state index contributed by atoms with van der Waals surface area (Å²) in [4.78, 5) is 12.6. The maximum absolute atomic E-state index is 12.6. The lowest BCUT2D eigenvalue weighted by Crippen LogP contribution is -2.25. The standard InChI is InChI=1S/C21H23N5O3/c1-12(2)29-16-8-6-5-7-14(16)15-11-18(27)22-21-20(15)13(3)25-26(21)17-9-10-19(28-4)24-23-17/h5-10,12,15H,11H2,1-4H3,(H,22,27). The quantitative estimate of drug-likeness (QED) is 0.716. The van der Waals surface area contributed by atoms with Gasteiger partial charge >= 0.3 is 0 Å². The summed E-state index contributed by atoms with van der Waals surface area (Å²) < 4.78 is 12.7. The molecule has 1 unspecified atom stereocenters. The third kappa shape index (κ3) is 3.53. The number of hydrogen-bond donors (Lipinski definition) is 1. The van der Waals surface area contributed by atoms with Gasteiger partial charge in [0.2, 0.25) is 11.8 Å². The van der Waals surface area contributed by atoms with E-state index in [4.69, 9.17) is 9.47 Å². The highest BCUT2D eigenvalue weighted by Crippen LogP contribution is 2.43. The van der Waals surface area contributed by atoms with Gasteiger partial charge in [0.15, 0.2) is 5.82 Å². The van der Waals surface area contributed by atoms with E-state index < -0.39 is 0 Å². The molecule has 1 amide bonds. The SMILES string of the molecule is COc1ccc(-n2nc(C)c3c2NC(=O)CC3c2ccccc2OC(C)C)nn1. The number of para-hydroxylation sites is 1. The third-order valence-corrected chi connectivity index (χ3v) is 4.81. The fourth-order valence-corrected chi connectivity index (χ4v) is 3.64. The molecule has 0 saturated heterocycles. The number of nitrogens with one attached hydrogen (secondary N) is 1. The van der Waals surface area contributed by atoms with Crippen LogP contribution in [0.1, 0.15) is 43.0 Å². The highest BCUT2D eigenvalue weighted by Gasteiger charge is 2.34. The maximum Gasteiger partial charge on any atom is 0.233 e. The van der Waals surface area contributed by atoms with E-state index in [-0.39, 0.29) is 17.9 Å². The molecule has 8 heteroatoms. The number of aryl methyl sites for hydroxylation is 1. The summed E-state index contributed by atoms with van der Waals surface area (Å²) in [6.07, 6.45) is 0.359. The minimum atomic E-state index is -0.159. The van der Waals surface area contributed by atoms with Gasteiger partial charge < -0.3 is 14.8 Å². The molecule has 0 radical (unpaired) electrons. The fourth-order valence-electron chi connectivity index (χ4n) is 3.64. The molecule has 3 heterocycles. The molecule has 0 saturated carbocycles. The normalized spacial score (nSPS) is 15.8. The zero-order valence-corrected chi connectivity index (χ0v) is 16.8. The van der Waals surface area contributed by atoms with Gasteiger partial charge in [-0.1, -0.05) is 18.2 Å². The predicted molar refractivity (Wildman–Crippen MR) is 108 cm³/mol. The van der Waals surface area contributed by atoms with Crippen molar-refractivity contribution in [2.45, 2.75) is 39.2 Å². The summed E-state index contributed by atoms with van der Waals surface area (Å²) in [5.41, 5.74) is 2.75. The van der Waals surface area contributed by atoms with Crippen molar-refractivity contribution in [2.24, 2.45) is 0 Å². The van der Waals surface area contributed by atoms with Crippen LogP contribution in [0.3, 0.4) is 0 Å². The van der Waals surface area contributed by atoms with Crippen LogP contribution in [-0.4, -0.2) is 39.1 Å². The molecule has 2 aromatic heterocycles. The number of carbonyl (C=O) groups excluding carboxylic acids is 1. The van der Waals surface area contributed by atoms with Gasteiger partial charge in [-0.3, -0.25) is 4.79 Å². The van der Waals surface area contributed by atoms with E-state index in [0.717, 1.165) is 22.6 Å². The molecule has 8 nitrogen and oxygen atoms in total. The van der Waals surface area contributed by atoms with Crippen molar-refractivity contribution in [3.63, 3.8) is 0 Å². The van der Waals surface area contributed by atoms with E-state index in [2.05, 4.69) is 20.6 Å². The van der Waals surface area contributed by atoms with E-state index in [1.807, 2.05) is 45.0 Å². The number of nitrogens with zero attached hydrogens (tertiary/aromatic N) is 4. The van der Waals surface area contributed by atoms with Crippen LogP contribution in [0.2, 0.25) is 0 Å². The number of hydrogen-bond acceptors (Lipinski definition) is 6. The van der Waals surface area contributed by atoms with Crippen molar-refractivity contribution in [3.05, 3.63) is 53.2 Å². The number of carbonyl (C=O) groups is 1. The van der Waals surface area contributed by atoms with Crippen LogP contribution in [0.15, 0.2) is 36.4 Å². The first-order valence-corrected chi connectivity index (χ1v) is 9.51. The molecule has 1 atom stereocenters. The van der Waals surface area contributed by atoms with Crippen molar-refractivity contribution in [3.8, 4) is 17.4 Å². The van der Waals surface area contributed by atoms with Crippen LogP contribution in [0, 0.1) is 6.92 Å². The molecule has 1 aromatic carbocycles. The van der Waals surface area contributed by atoms with E-state index in [1.165, 1.54) is 7.11 Å². The Morgan fingerprint density at radius 3 is 2.66 bits per heavy atom. The molecule has 1 N–H and O–H groups in total. The van der Waals surface area contributed by atoms with Gasteiger partial charge in [0.25, 0.3) is 0 Å². The Morgan fingerprint density at radius 1 is 1.17 bits per heavy atom. The molecule has 0 bridgehead atoms. The number of benzene rings is 1. The first-order chi connectivity index (χ1) is 14.0. The summed E-state index contributed by atoms with van der Waals surface area (Å²) in [5.74, 6) is 2.07. The summed E-state index contributed by atoms with van der Waals surface area (Å²) in [6, 6.07) is 11.3. The fraction of sp³-hybridized carbons (Fsp3) is 0.333. The van der Waals surface area contributed by atoms with Crippen LogP contribution in [0.5, 0.6) is 11.6 Å². The van der Waals surface area contributed by atoms with Gasteiger partial charge in [-0.2, -0.15) is 9.78 Å². The summed E-state index contributed by atoms with van der Waals surface area (Å²) in [6.45, 7) is 5.91. The molecule has 0 spiro atoms. The largest absolute Gasteiger partial charge is 0.491 e. The second-order valence-electron chi connectivity index (χ2n) is 7.20. The Morgan fingerprint density at radius 2 is 1.97 bits per heavy atom. The lowest BCUT2D eigenvalue weighted by atomic mass is 9.85. The summed E-state index contributed by atoms with van der Waals surface area (Å²) in [5, 5.41) is 15.8. The Balaban J connectivity index is 1.83. The monoisotopic (exact) mass is 393 g/mol. The minimum Gasteiger partial charge on any atom is -0.491 e. The molecule has 3 aromatic rings. The van der Waals surface area contributed by atoms with Crippen molar-refractivity contribution in [1.82, 2.24) is 20.0 Å². The molecule has 4 rings (SSSR count). The number of amides is 1. The van der Waals surface area contributed by atoms with Crippen LogP contribution < -0.4 is 14.8 Å². The third-order valence-electron chi connectivity index (χ3n) is 4.81. The number of anilines is 1. The number of rotatable bonds is 5. The van der Waals surface area contributed by atoms with Gasteiger partial charge in [0, 0.05) is 29.5 Å². The lowest BCUT2D eigenvalue weighted by molar-refractivity contribution is -0.116. The van der Waals surface area contributed by atoms with Crippen molar-refractivity contribution in [1.29, 1.82) is 0 Å². The number of aromatic nitrogens is 4. The smallest absolute Gasteiger partial charge is 0.233 e. The van der Waals surface area contributed by atoms with Gasteiger partial charge in [-0.25, -0.2) is 0 Å². The predicted octanol–water partition coefficient (Wildman–Crippen LogP) is 3.24. The van der Waals surface area contributed by atoms with Crippen molar-refractivity contribution in [2.75, 3.05) is 12.4 Å². The maximum atomic E-state index is 12.6. The van der Waals surface area contributed by atoms with Crippen LogP contribution >= 0.6 is 0 Å². The highest BCUT2D eigenvalue weighted by molar-refractivity contribution is 5.95. The second kappa shape index (κ2) is 7.54. The zero-order chi connectivity index (χ0) is 20.5. The van der Waals surface area contributed by atoms with Gasteiger partial charge in [-0.05, 0) is 32.9 Å². The Bertz CT molecular complexity index is 1040. The van der Waals surface area contributed by atoms with Crippen LogP contribution in [0.25, 0.3) is 5.82 Å². The van der Waals surface area contributed by atoms with Crippen molar-refractivity contribution >= 4 is 11.7 Å². The molecule has 29 heavy (non-hydrogen) atoms. The lowest BCUT2D eigenvalue weighted by Gasteiger charge is -2.26. The second-order valence-corrected chi connectivity index (χ2v) is 7.20. The van der Waals surface area contributed by atoms with Crippen LogP contribution in [0.4, 0.5) is 5.82 Å². The number of methoxy groups -OCH3 is 1. The first-order valence-electron chi connectivity index (χ1n) is 9.51. The molecular formula is C21H23N5O3. The average Bonchev–Trinajstić information content (AvgIpc) is 3.04. The number of ether oxygens (including phenoxy) is 2. The zero-order valence-electron chi connectivity index (χ0n) is 16.8. The first kappa shape index (κ1) is 18.9. The Hall–Kier alpha value is -3.42. The van der Waals surface area contributed by atoms with Gasteiger partial charge in [-0.15, -0.1) is 10.2 Å². The molecule has 1 aliphatic heterocycles. The Kier molecular flexibility index (Phi) is 4.92. The topological polar surface area (TPSA) is 91.2 Å². The Labute approximate surface area is 168 Å². The summed E-state index contributed by atoms with van der Waals surface area (Å²) >= 11 is 0. The highest BCUT2D eigenvalue weighted by atomic mass is 16.5. The van der Waals surface area contributed by atoms with Crippen LogP contribution in [-0.2, 0) is 4.79 Å². The molecule has 0 fully saturated rings. The van der Waals surface area contributed by atoms with Gasteiger partial charge in [0.1, 0.15) is 11.6 Å². The van der Waals surface area contributed by atoms with E-state index in [1.54, 1.807) is 16.8 Å². The molecule has 150 valence electrons. The van der Waals surface area contributed by atoms with Gasteiger partial charge in [0.05, 0.1) is 18.9 Å². The minimum absolute atomic E-state index is 0.0337. The molecule has 0 aliphatic carbocycles. The van der Waals surface area contributed by atoms with Crippen molar-refractivity contribution < 1.29 is 14.3 Å². The average molecular weight is 393 g/mol. The number of fused-ring (bicyclic) bond motifs is 1. The van der Waals surface area contributed by atoms with E-state index >= 15 is 0 Å². The van der Waals surface area contributed by atoms with E-state index in [0.29, 0.717) is 23.9 Å². The molecule has 1 aliphatic rings.